The minimum absolute atomic E-state index is 0.168. The third-order valence-corrected chi connectivity index (χ3v) is 7.80. The van der Waals surface area contributed by atoms with E-state index < -0.39 is 7.14 Å². The average molecular weight is 470 g/mol. The molecule has 0 amide bonds. The van der Waals surface area contributed by atoms with Crippen LogP contribution < -0.4 is 21.3 Å². The van der Waals surface area contributed by atoms with Crippen LogP contribution in [0.3, 0.4) is 0 Å². The van der Waals surface area contributed by atoms with Gasteiger partial charge in [-0.15, -0.1) is 0 Å². The van der Waals surface area contributed by atoms with Gasteiger partial charge in [0.05, 0.1) is 6.20 Å². The lowest BCUT2D eigenvalue weighted by atomic mass is 9.91. The first-order valence-electron chi connectivity index (χ1n) is 11.7. The monoisotopic (exact) mass is 469 g/mol. The van der Waals surface area contributed by atoms with Crippen LogP contribution >= 0.6 is 7.14 Å². The normalized spacial score (nSPS) is 18.6. The Morgan fingerprint density at radius 2 is 2.06 bits per heavy atom. The van der Waals surface area contributed by atoms with Gasteiger partial charge in [-0.05, 0) is 57.6 Å². The smallest absolute Gasteiger partial charge is 0.229 e. The molecule has 178 valence electrons. The summed E-state index contributed by atoms with van der Waals surface area (Å²) in [5, 5.41) is 16.0. The van der Waals surface area contributed by atoms with Crippen LogP contribution in [0.5, 0.6) is 0 Å². The summed E-state index contributed by atoms with van der Waals surface area (Å²) in [6.07, 6.45) is 4.03. The van der Waals surface area contributed by atoms with Crippen molar-refractivity contribution in [2.45, 2.75) is 64.6 Å². The summed E-state index contributed by atoms with van der Waals surface area (Å²) in [5.41, 5.74) is 3.12. The van der Waals surface area contributed by atoms with E-state index in [9.17, 15) is 4.57 Å². The van der Waals surface area contributed by atoms with Gasteiger partial charge in [-0.1, -0.05) is 32.0 Å². The maximum Gasteiger partial charge on any atom is 0.229 e. The van der Waals surface area contributed by atoms with Crippen molar-refractivity contribution in [3.05, 3.63) is 41.6 Å². The number of anilines is 2. The third kappa shape index (κ3) is 5.56. The summed E-state index contributed by atoms with van der Waals surface area (Å²) in [6.45, 7) is 13.8. The largest absolute Gasteiger partial charge is 0.350 e. The van der Waals surface area contributed by atoms with Crippen molar-refractivity contribution in [2.24, 2.45) is 0 Å². The van der Waals surface area contributed by atoms with Crippen LogP contribution in [0.25, 0.3) is 5.65 Å². The van der Waals surface area contributed by atoms with Crippen LogP contribution in [0.4, 0.5) is 11.9 Å². The molecule has 33 heavy (non-hydrogen) atoms. The van der Waals surface area contributed by atoms with Gasteiger partial charge in [0.1, 0.15) is 7.14 Å². The Morgan fingerprint density at radius 3 is 2.73 bits per heavy atom. The van der Waals surface area contributed by atoms with Gasteiger partial charge in [-0.25, -0.2) is 0 Å². The summed E-state index contributed by atoms with van der Waals surface area (Å²) in [7, 11) is -2.31. The summed E-state index contributed by atoms with van der Waals surface area (Å²) in [4.78, 5) is 9.60. The number of nitrogens with one attached hydrogen (secondary N) is 3. The Hall–Kier alpha value is -2.44. The highest BCUT2D eigenvalue weighted by molar-refractivity contribution is 7.70. The maximum absolute atomic E-state index is 12.5. The molecule has 1 aromatic carbocycles. The highest BCUT2D eigenvalue weighted by atomic mass is 31.2. The Bertz CT molecular complexity index is 1170. The minimum atomic E-state index is -2.31. The third-order valence-electron chi connectivity index (χ3n) is 6.28. The molecule has 1 atom stereocenters. The van der Waals surface area contributed by atoms with Gasteiger partial charge in [0.15, 0.2) is 5.65 Å². The van der Waals surface area contributed by atoms with Gasteiger partial charge < -0.3 is 20.5 Å². The summed E-state index contributed by atoms with van der Waals surface area (Å²) < 4.78 is 14.3. The molecule has 0 unspecified atom stereocenters. The summed E-state index contributed by atoms with van der Waals surface area (Å²) >= 11 is 0. The molecule has 0 aliphatic carbocycles. The quantitative estimate of drug-likeness (QED) is 0.449. The molecule has 3 aromatic rings. The standard InChI is InChI=1S/C24H36N7OP/c1-16(2)20-15-27-31-21(20)29-22(28-18-10-11-24(3,4)26-14-18)30-23(31)25-13-17-8-7-9-19(12-17)33(5,6)32/h7-9,12,15-16,18,26H,10-11,13-14H2,1-6H3,(H2,25,28,29,30)/t18-/m0/s1. The molecule has 3 N–H and O–H groups in total. The molecule has 0 bridgehead atoms. The fourth-order valence-electron chi connectivity index (χ4n) is 4.09. The zero-order valence-electron chi connectivity index (χ0n) is 20.5. The number of hydrogen-bond donors (Lipinski definition) is 3. The molecule has 1 fully saturated rings. The van der Waals surface area contributed by atoms with Gasteiger partial charge >= 0.3 is 0 Å². The molecule has 2 aromatic heterocycles. The fourth-order valence-corrected chi connectivity index (χ4v) is 5.02. The fraction of sp³-hybridized carbons (Fsp3) is 0.542. The zero-order valence-corrected chi connectivity index (χ0v) is 21.4. The van der Waals surface area contributed by atoms with E-state index in [-0.39, 0.29) is 11.6 Å². The lowest BCUT2D eigenvalue weighted by molar-refractivity contribution is 0.289. The SMILES string of the molecule is CC(C)c1cnn2c(NCc3cccc(P(C)(C)=O)c3)nc(N[C@H]3CCC(C)(C)NC3)nc12. The van der Waals surface area contributed by atoms with Crippen LogP contribution in [-0.2, 0) is 11.1 Å². The van der Waals surface area contributed by atoms with E-state index in [0.29, 0.717) is 24.4 Å². The molecule has 4 rings (SSSR count). The van der Waals surface area contributed by atoms with Gasteiger partial charge in [0, 0.05) is 35.5 Å². The second-order valence-electron chi connectivity index (χ2n) is 10.4. The molecule has 8 nitrogen and oxygen atoms in total. The Labute approximate surface area is 196 Å². The lowest BCUT2D eigenvalue weighted by Gasteiger charge is -2.36. The minimum Gasteiger partial charge on any atom is -0.350 e. The molecule has 1 aliphatic rings. The van der Waals surface area contributed by atoms with Gasteiger partial charge in [0.2, 0.25) is 11.9 Å². The van der Waals surface area contributed by atoms with E-state index in [1.807, 2.05) is 30.5 Å². The number of rotatable bonds is 7. The van der Waals surface area contributed by atoms with E-state index in [0.717, 1.165) is 41.5 Å². The molecule has 0 spiro atoms. The first kappa shape index (κ1) is 23.7. The van der Waals surface area contributed by atoms with E-state index in [2.05, 4.69) is 48.7 Å². The predicted molar refractivity (Wildman–Crippen MR) is 136 cm³/mol. The van der Waals surface area contributed by atoms with Crippen LogP contribution in [0, 0.1) is 0 Å². The molecule has 0 radical (unpaired) electrons. The Morgan fingerprint density at radius 1 is 1.27 bits per heavy atom. The number of nitrogens with zero attached hydrogens (tertiary/aromatic N) is 4. The second-order valence-corrected chi connectivity index (χ2v) is 13.6. The maximum atomic E-state index is 12.5. The number of benzene rings is 1. The topological polar surface area (TPSA) is 96.2 Å². The van der Waals surface area contributed by atoms with E-state index in [4.69, 9.17) is 9.97 Å². The highest BCUT2D eigenvalue weighted by Gasteiger charge is 2.27. The van der Waals surface area contributed by atoms with Gasteiger partial charge in [-0.2, -0.15) is 19.6 Å². The molecule has 9 heteroatoms. The molecule has 1 aliphatic heterocycles. The second kappa shape index (κ2) is 9.07. The van der Waals surface area contributed by atoms with E-state index in [1.54, 1.807) is 17.8 Å². The van der Waals surface area contributed by atoms with Crippen molar-refractivity contribution in [1.82, 2.24) is 24.9 Å². The predicted octanol–water partition coefficient (Wildman–Crippen LogP) is 4.05. The van der Waals surface area contributed by atoms with Crippen LogP contribution in [-0.4, -0.2) is 51.0 Å². The van der Waals surface area contributed by atoms with Crippen LogP contribution in [0.15, 0.2) is 30.5 Å². The lowest BCUT2D eigenvalue weighted by Crippen LogP contribution is -2.50. The molecule has 0 saturated carbocycles. The Balaban J connectivity index is 1.61. The number of hydrogen-bond acceptors (Lipinski definition) is 7. The van der Waals surface area contributed by atoms with Crippen molar-refractivity contribution in [3.8, 4) is 0 Å². The molecule has 3 heterocycles. The van der Waals surface area contributed by atoms with E-state index in [1.165, 1.54) is 0 Å². The Kier molecular flexibility index (Phi) is 6.52. The first-order chi connectivity index (χ1) is 15.5. The van der Waals surface area contributed by atoms with E-state index >= 15 is 0 Å². The zero-order chi connectivity index (χ0) is 23.8. The van der Waals surface area contributed by atoms with Gasteiger partial charge in [0.25, 0.3) is 0 Å². The number of aromatic nitrogens is 4. The van der Waals surface area contributed by atoms with Gasteiger partial charge in [-0.3, -0.25) is 0 Å². The molecular weight excluding hydrogens is 433 g/mol. The van der Waals surface area contributed by atoms with Crippen LogP contribution in [0.2, 0.25) is 0 Å². The van der Waals surface area contributed by atoms with Crippen molar-refractivity contribution in [3.63, 3.8) is 0 Å². The number of fused-ring (bicyclic) bond motifs is 1. The highest BCUT2D eigenvalue weighted by Crippen LogP contribution is 2.34. The van der Waals surface area contributed by atoms with Crippen LogP contribution in [0.1, 0.15) is 57.6 Å². The molecule has 1 saturated heterocycles. The van der Waals surface area contributed by atoms with Crippen molar-refractivity contribution in [1.29, 1.82) is 0 Å². The van der Waals surface area contributed by atoms with Crippen molar-refractivity contribution in [2.75, 3.05) is 30.5 Å². The first-order valence-corrected chi connectivity index (χ1v) is 14.3. The molecular formula is C24H36N7OP. The van der Waals surface area contributed by atoms with Crippen molar-refractivity contribution >= 4 is 30.0 Å². The average Bonchev–Trinajstić information content (AvgIpc) is 3.17. The summed E-state index contributed by atoms with van der Waals surface area (Å²) in [6, 6.07) is 8.19. The number of piperidine rings is 1. The summed E-state index contributed by atoms with van der Waals surface area (Å²) in [5.74, 6) is 1.55. The van der Waals surface area contributed by atoms with Crippen molar-refractivity contribution < 1.29 is 4.57 Å².